The highest BCUT2D eigenvalue weighted by atomic mass is 16.2. The van der Waals surface area contributed by atoms with Crippen molar-refractivity contribution in [2.75, 3.05) is 13.1 Å². The molecule has 84 valence electrons. The number of nitrogens with two attached hydrogens (primary N) is 1. The van der Waals surface area contributed by atoms with Crippen molar-refractivity contribution in [1.29, 1.82) is 5.26 Å². The summed E-state index contributed by atoms with van der Waals surface area (Å²) in [5.41, 5.74) is 5.35. The number of carbonyl (C=O) groups excluding carboxylic acids is 1. The zero-order valence-electron chi connectivity index (χ0n) is 9.09. The molecular formula is C11H19N3O. The molecule has 0 aromatic carbocycles. The lowest BCUT2D eigenvalue weighted by Gasteiger charge is -2.39. The fourth-order valence-electron chi connectivity index (χ4n) is 1.85. The van der Waals surface area contributed by atoms with E-state index in [2.05, 4.69) is 11.4 Å². The zero-order valence-corrected chi connectivity index (χ0v) is 9.09. The molecule has 4 nitrogen and oxygen atoms in total. The molecule has 0 spiro atoms. The van der Waals surface area contributed by atoms with E-state index in [1.54, 1.807) is 0 Å². The van der Waals surface area contributed by atoms with Crippen LogP contribution in [-0.2, 0) is 4.79 Å². The molecule has 1 amide bonds. The van der Waals surface area contributed by atoms with Gasteiger partial charge in [0.1, 0.15) is 0 Å². The van der Waals surface area contributed by atoms with Crippen molar-refractivity contribution in [2.24, 2.45) is 11.1 Å². The first kappa shape index (κ1) is 12.0. The van der Waals surface area contributed by atoms with E-state index < -0.39 is 0 Å². The Labute approximate surface area is 90.8 Å². The topological polar surface area (TPSA) is 78.9 Å². The summed E-state index contributed by atoms with van der Waals surface area (Å²) in [6, 6.07) is 2.09. The van der Waals surface area contributed by atoms with Gasteiger partial charge in [-0.1, -0.05) is 6.42 Å². The van der Waals surface area contributed by atoms with E-state index in [-0.39, 0.29) is 11.3 Å². The van der Waals surface area contributed by atoms with E-state index in [9.17, 15) is 4.79 Å². The summed E-state index contributed by atoms with van der Waals surface area (Å²) >= 11 is 0. The van der Waals surface area contributed by atoms with Gasteiger partial charge < -0.3 is 11.1 Å². The van der Waals surface area contributed by atoms with Crippen molar-refractivity contribution in [2.45, 2.75) is 38.5 Å². The number of unbranched alkanes of at least 4 members (excludes halogenated alkanes) is 2. The molecule has 4 heteroatoms. The molecule has 1 aliphatic carbocycles. The van der Waals surface area contributed by atoms with E-state index in [1.807, 2.05) is 0 Å². The van der Waals surface area contributed by atoms with Gasteiger partial charge in [-0.15, -0.1) is 0 Å². The number of nitriles is 1. The molecule has 15 heavy (non-hydrogen) atoms. The smallest absolute Gasteiger partial charge is 0.227 e. The van der Waals surface area contributed by atoms with Crippen LogP contribution in [-0.4, -0.2) is 19.0 Å². The predicted molar refractivity (Wildman–Crippen MR) is 57.8 cm³/mol. The highest BCUT2D eigenvalue weighted by Gasteiger charge is 2.42. The van der Waals surface area contributed by atoms with Gasteiger partial charge >= 0.3 is 0 Å². The zero-order chi connectivity index (χ0) is 11.1. The van der Waals surface area contributed by atoms with Gasteiger partial charge in [0.2, 0.25) is 5.91 Å². The van der Waals surface area contributed by atoms with Gasteiger partial charge in [-0.2, -0.15) is 5.26 Å². The maximum Gasteiger partial charge on any atom is 0.227 e. The molecule has 0 radical (unpaired) electrons. The van der Waals surface area contributed by atoms with E-state index >= 15 is 0 Å². The third-order valence-electron chi connectivity index (χ3n) is 3.18. The Morgan fingerprint density at radius 3 is 2.67 bits per heavy atom. The number of carbonyl (C=O) groups is 1. The summed E-state index contributed by atoms with van der Waals surface area (Å²) in [7, 11) is 0. The van der Waals surface area contributed by atoms with Gasteiger partial charge in [-0.3, -0.25) is 4.79 Å². The summed E-state index contributed by atoms with van der Waals surface area (Å²) in [6.45, 7) is 1.12. The van der Waals surface area contributed by atoms with Crippen LogP contribution < -0.4 is 11.1 Å². The van der Waals surface area contributed by atoms with Gasteiger partial charge in [-0.25, -0.2) is 0 Å². The van der Waals surface area contributed by atoms with E-state index in [4.69, 9.17) is 11.0 Å². The molecule has 3 N–H and O–H groups in total. The third kappa shape index (κ3) is 2.93. The monoisotopic (exact) mass is 209 g/mol. The summed E-state index contributed by atoms with van der Waals surface area (Å²) < 4.78 is 0. The molecule has 0 atom stereocenters. The minimum Gasteiger partial charge on any atom is -0.356 e. The molecule has 1 fully saturated rings. The quantitative estimate of drug-likeness (QED) is 0.638. The van der Waals surface area contributed by atoms with Crippen LogP contribution in [0.3, 0.4) is 0 Å². The SMILES string of the molecule is N#CCCCCNC(=O)C1(CN)CCC1. The van der Waals surface area contributed by atoms with E-state index in [0.717, 1.165) is 32.1 Å². The lowest BCUT2D eigenvalue weighted by Crippen LogP contribution is -2.50. The van der Waals surface area contributed by atoms with Crippen LogP contribution in [0.4, 0.5) is 0 Å². The molecule has 0 unspecified atom stereocenters. The van der Waals surface area contributed by atoms with E-state index in [1.165, 1.54) is 0 Å². The number of nitrogens with one attached hydrogen (secondary N) is 1. The fourth-order valence-corrected chi connectivity index (χ4v) is 1.85. The number of amides is 1. The molecule has 0 heterocycles. The van der Waals surface area contributed by atoms with Crippen LogP contribution >= 0.6 is 0 Å². The van der Waals surface area contributed by atoms with Gasteiger partial charge in [-0.05, 0) is 25.7 Å². The molecule has 0 saturated heterocycles. The average molecular weight is 209 g/mol. The first-order chi connectivity index (χ1) is 7.25. The van der Waals surface area contributed by atoms with Crippen LogP contribution in [0.1, 0.15) is 38.5 Å². The van der Waals surface area contributed by atoms with Crippen LogP contribution in [0.15, 0.2) is 0 Å². The second kappa shape index (κ2) is 5.72. The maximum atomic E-state index is 11.8. The van der Waals surface area contributed by atoms with Crippen molar-refractivity contribution >= 4 is 5.91 Å². The Morgan fingerprint density at radius 2 is 2.20 bits per heavy atom. The molecule has 0 aromatic heterocycles. The molecule has 1 saturated carbocycles. The van der Waals surface area contributed by atoms with E-state index in [0.29, 0.717) is 19.5 Å². The number of nitrogens with zero attached hydrogens (tertiary/aromatic N) is 1. The Bertz CT molecular complexity index is 248. The Kier molecular flexibility index (Phi) is 4.57. The van der Waals surface area contributed by atoms with Crippen LogP contribution in [0.5, 0.6) is 0 Å². The lowest BCUT2D eigenvalue weighted by atomic mass is 9.68. The van der Waals surface area contributed by atoms with Crippen LogP contribution in [0, 0.1) is 16.7 Å². The van der Waals surface area contributed by atoms with Gasteiger partial charge in [0.05, 0.1) is 11.5 Å². The van der Waals surface area contributed by atoms with Crippen molar-refractivity contribution < 1.29 is 4.79 Å². The predicted octanol–water partition coefficient (Wildman–Crippen LogP) is 0.925. The maximum absolute atomic E-state index is 11.8. The van der Waals surface area contributed by atoms with Crippen LogP contribution in [0.25, 0.3) is 0 Å². The van der Waals surface area contributed by atoms with Gasteiger partial charge in [0.25, 0.3) is 0 Å². The normalized spacial score (nSPS) is 17.6. The fraction of sp³-hybridized carbons (Fsp3) is 0.818. The minimum absolute atomic E-state index is 0.105. The molecule has 1 aliphatic rings. The Morgan fingerprint density at radius 1 is 1.47 bits per heavy atom. The van der Waals surface area contributed by atoms with Gasteiger partial charge in [0, 0.05) is 19.5 Å². The summed E-state index contributed by atoms with van der Waals surface area (Å²) in [6.07, 6.45) is 5.25. The average Bonchev–Trinajstić information content (AvgIpc) is 2.17. The van der Waals surface area contributed by atoms with Crippen molar-refractivity contribution in [1.82, 2.24) is 5.32 Å². The second-order valence-electron chi connectivity index (χ2n) is 4.21. The molecule has 0 aliphatic heterocycles. The van der Waals surface area contributed by atoms with Crippen molar-refractivity contribution in [3.8, 4) is 6.07 Å². The van der Waals surface area contributed by atoms with Crippen molar-refractivity contribution in [3.63, 3.8) is 0 Å². The highest BCUT2D eigenvalue weighted by molar-refractivity contribution is 5.83. The minimum atomic E-state index is -0.269. The summed E-state index contributed by atoms with van der Waals surface area (Å²) in [4.78, 5) is 11.8. The molecule has 0 aromatic rings. The first-order valence-electron chi connectivity index (χ1n) is 5.60. The lowest BCUT2D eigenvalue weighted by molar-refractivity contribution is -0.135. The number of hydrogen-bond donors (Lipinski definition) is 2. The third-order valence-corrected chi connectivity index (χ3v) is 3.18. The summed E-state index contributed by atoms with van der Waals surface area (Å²) in [5, 5.41) is 11.2. The summed E-state index contributed by atoms with van der Waals surface area (Å²) in [5.74, 6) is 0.105. The molecular weight excluding hydrogens is 190 g/mol. The Balaban J connectivity index is 2.16. The second-order valence-corrected chi connectivity index (χ2v) is 4.21. The molecule has 1 rings (SSSR count). The molecule has 0 bridgehead atoms. The Hall–Kier alpha value is -1.08. The number of rotatable bonds is 6. The first-order valence-corrected chi connectivity index (χ1v) is 5.60. The van der Waals surface area contributed by atoms with Gasteiger partial charge in [0.15, 0.2) is 0 Å². The standard InChI is InChI=1S/C11H19N3O/c12-7-2-1-3-8-14-10(15)11(9-13)5-4-6-11/h1-6,8-9,13H2,(H,14,15). The number of hydrogen-bond acceptors (Lipinski definition) is 3. The van der Waals surface area contributed by atoms with Crippen molar-refractivity contribution in [3.05, 3.63) is 0 Å². The largest absolute Gasteiger partial charge is 0.356 e. The highest BCUT2D eigenvalue weighted by Crippen LogP contribution is 2.39. The van der Waals surface area contributed by atoms with Crippen LogP contribution in [0.2, 0.25) is 0 Å².